The van der Waals surface area contributed by atoms with Crippen LogP contribution in [-0.2, 0) is 10.0 Å². The third-order valence-electron chi connectivity index (χ3n) is 1.93. The average molecular weight is 369 g/mol. The summed E-state index contributed by atoms with van der Waals surface area (Å²) in [7, 11) is -3.49. The Morgan fingerprint density at radius 3 is 2.83 bits per heavy atom. The van der Waals surface area contributed by atoms with Crippen molar-refractivity contribution in [1.29, 1.82) is 0 Å². The molecule has 0 aliphatic heterocycles. The van der Waals surface area contributed by atoms with Gasteiger partial charge in [-0.1, -0.05) is 17.5 Å². The molecule has 3 nitrogen and oxygen atoms in total. The number of hydrogen-bond acceptors (Lipinski definition) is 3. The van der Waals surface area contributed by atoms with Gasteiger partial charge in [0.2, 0.25) is 10.0 Å². The van der Waals surface area contributed by atoms with Crippen molar-refractivity contribution in [2.45, 2.75) is 4.90 Å². The summed E-state index contributed by atoms with van der Waals surface area (Å²) in [6.45, 7) is 0.342. The zero-order chi connectivity index (χ0) is 13.6. The third-order valence-corrected chi connectivity index (χ3v) is 5.46. The maximum Gasteiger partial charge on any atom is 0.240 e. The molecule has 1 aromatic carbocycles. The molecule has 1 rings (SSSR count). The molecule has 0 bridgehead atoms. The van der Waals surface area contributed by atoms with E-state index in [4.69, 9.17) is 18.0 Å². The first-order valence-electron chi connectivity index (χ1n) is 4.93. The summed E-state index contributed by atoms with van der Waals surface area (Å²) in [5.74, 6) is 3.69. The van der Waals surface area contributed by atoms with E-state index in [0.717, 1.165) is 0 Å². The van der Waals surface area contributed by atoms with Gasteiger partial charge in [-0.25, -0.2) is 13.1 Å². The first-order chi connectivity index (χ1) is 8.47. The van der Waals surface area contributed by atoms with Crippen LogP contribution in [-0.4, -0.2) is 26.5 Å². The summed E-state index contributed by atoms with van der Waals surface area (Å²) in [6.07, 6.45) is 5.09. The lowest BCUT2D eigenvalue weighted by Gasteiger charge is -2.07. The quantitative estimate of drug-likeness (QED) is 0.620. The van der Waals surface area contributed by atoms with Crippen LogP contribution in [0.25, 0.3) is 0 Å². The van der Waals surface area contributed by atoms with Crippen molar-refractivity contribution < 1.29 is 8.42 Å². The topological polar surface area (TPSA) is 46.2 Å². The summed E-state index contributed by atoms with van der Waals surface area (Å²) >= 11 is 10.5. The molecule has 18 heavy (non-hydrogen) atoms. The Labute approximate surface area is 125 Å². The van der Waals surface area contributed by atoms with E-state index in [9.17, 15) is 8.42 Å². The molecule has 0 heterocycles. The Balaban J connectivity index is 2.63. The molecule has 0 spiro atoms. The van der Waals surface area contributed by atoms with Crippen LogP contribution in [0.4, 0.5) is 0 Å². The maximum atomic E-state index is 11.9. The molecule has 7 heteroatoms. The number of halogens is 2. The molecule has 0 amide bonds. The Morgan fingerprint density at radius 1 is 1.50 bits per heavy atom. The van der Waals surface area contributed by atoms with Crippen LogP contribution < -0.4 is 4.72 Å². The molecule has 0 atom stereocenters. The Morgan fingerprint density at radius 2 is 2.22 bits per heavy atom. The Hall–Kier alpha value is -0.190. The van der Waals surface area contributed by atoms with Crippen molar-refractivity contribution in [3.8, 4) is 12.3 Å². The van der Waals surface area contributed by atoms with E-state index in [2.05, 4.69) is 26.6 Å². The normalized spacial score (nSPS) is 11.2. The largest absolute Gasteiger partial charge is 0.240 e. The molecular formula is C11H11BrClNO2S2. The Bertz CT molecular complexity index is 555. The molecule has 0 unspecified atom stereocenters. The molecule has 0 aromatic heterocycles. The highest BCUT2D eigenvalue weighted by Crippen LogP contribution is 2.25. The maximum absolute atomic E-state index is 11.9. The van der Waals surface area contributed by atoms with Gasteiger partial charge in [-0.3, -0.25) is 0 Å². The van der Waals surface area contributed by atoms with Crippen molar-refractivity contribution in [3.63, 3.8) is 0 Å². The molecular weight excluding hydrogens is 358 g/mol. The lowest BCUT2D eigenvalue weighted by Crippen LogP contribution is -2.26. The number of hydrogen-bond donors (Lipinski definition) is 1. The van der Waals surface area contributed by atoms with Crippen molar-refractivity contribution in [1.82, 2.24) is 4.72 Å². The standard InChI is InChI=1S/C11H11BrClNO2S2/c1-2-6-17-7-5-14-18(15,16)9-3-4-11(13)10(12)8-9/h1,3-4,8,14H,5-7H2. The number of rotatable bonds is 6. The van der Waals surface area contributed by atoms with Gasteiger partial charge in [0.1, 0.15) is 0 Å². The van der Waals surface area contributed by atoms with E-state index >= 15 is 0 Å². The van der Waals surface area contributed by atoms with Crippen LogP contribution in [0.2, 0.25) is 5.02 Å². The molecule has 98 valence electrons. The van der Waals surface area contributed by atoms with E-state index in [1.807, 2.05) is 0 Å². The van der Waals surface area contributed by atoms with Crippen molar-refractivity contribution >= 4 is 49.3 Å². The highest BCUT2D eigenvalue weighted by molar-refractivity contribution is 9.10. The van der Waals surface area contributed by atoms with Crippen molar-refractivity contribution in [3.05, 3.63) is 27.7 Å². The van der Waals surface area contributed by atoms with Crippen LogP contribution >= 0.6 is 39.3 Å². The van der Waals surface area contributed by atoms with Gasteiger partial charge in [0.05, 0.1) is 15.7 Å². The van der Waals surface area contributed by atoms with E-state index < -0.39 is 10.0 Å². The fourth-order valence-corrected chi connectivity index (χ4v) is 3.45. The zero-order valence-electron chi connectivity index (χ0n) is 9.32. The van der Waals surface area contributed by atoms with Gasteiger partial charge < -0.3 is 0 Å². The van der Waals surface area contributed by atoms with E-state index in [1.165, 1.54) is 30.0 Å². The van der Waals surface area contributed by atoms with E-state index in [1.54, 1.807) is 0 Å². The summed E-state index contributed by atoms with van der Waals surface area (Å²) in [5, 5.41) is 0.471. The monoisotopic (exact) mass is 367 g/mol. The predicted octanol–water partition coefficient (Wildman–Crippen LogP) is 2.75. The van der Waals surface area contributed by atoms with Gasteiger partial charge in [0.15, 0.2) is 0 Å². The molecule has 1 aromatic rings. The summed E-state index contributed by atoms with van der Waals surface area (Å²) in [6, 6.07) is 4.47. The zero-order valence-corrected chi connectivity index (χ0v) is 13.3. The van der Waals surface area contributed by atoms with Crippen molar-refractivity contribution in [2.75, 3.05) is 18.1 Å². The van der Waals surface area contributed by atoms with Crippen LogP contribution in [0, 0.1) is 12.3 Å². The number of sulfonamides is 1. The van der Waals surface area contributed by atoms with E-state index in [0.29, 0.717) is 27.5 Å². The number of benzene rings is 1. The molecule has 0 aliphatic rings. The SMILES string of the molecule is C#CCSCCNS(=O)(=O)c1ccc(Cl)c(Br)c1. The number of thioether (sulfide) groups is 1. The van der Waals surface area contributed by atoms with Crippen LogP contribution in [0.5, 0.6) is 0 Å². The van der Waals surface area contributed by atoms with Gasteiger partial charge in [-0.15, -0.1) is 18.2 Å². The minimum Gasteiger partial charge on any atom is -0.210 e. The minimum atomic E-state index is -3.49. The first kappa shape index (κ1) is 15.9. The molecule has 0 aliphatic carbocycles. The van der Waals surface area contributed by atoms with Gasteiger partial charge in [-0.2, -0.15) is 0 Å². The molecule has 0 radical (unpaired) electrons. The number of terminal acetylenes is 1. The Kier molecular flexibility index (Phi) is 6.53. The fraction of sp³-hybridized carbons (Fsp3) is 0.273. The summed E-state index contributed by atoms with van der Waals surface area (Å²) in [5.41, 5.74) is 0. The lowest BCUT2D eigenvalue weighted by atomic mass is 10.4. The molecule has 0 saturated heterocycles. The molecule has 0 saturated carbocycles. The fourth-order valence-electron chi connectivity index (χ4n) is 1.11. The van der Waals surface area contributed by atoms with Gasteiger partial charge in [0.25, 0.3) is 0 Å². The highest BCUT2D eigenvalue weighted by Gasteiger charge is 2.14. The molecule has 0 fully saturated rings. The second-order valence-corrected chi connectivity index (χ2v) is 7.36. The minimum absolute atomic E-state index is 0.181. The highest BCUT2D eigenvalue weighted by atomic mass is 79.9. The lowest BCUT2D eigenvalue weighted by molar-refractivity contribution is 0.584. The average Bonchev–Trinajstić information content (AvgIpc) is 2.32. The van der Waals surface area contributed by atoms with Gasteiger partial charge in [0, 0.05) is 16.8 Å². The predicted molar refractivity (Wildman–Crippen MR) is 80.5 cm³/mol. The van der Waals surface area contributed by atoms with Crippen molar-refractivity contribution in [2.24, 2.45) is 0 Å². The van der Waals surface area contributed by atoms with Crippen LogP contribution in [0.1, 0.15) is 0 Å². The summed E-state index contributed by atoms with van der Waals surface area (Å²) < 4.78 is 26.9. The van der Waals surface area contributed by atoms with Crippen LogP contribution in [0.15, 0.2) is 27.6 Å². The second kappa shape index (κ2) is 7.41. The van der Waals surface area contributed by atoms with Gasteiger partial charge >= 0.3 is 0 Å². The number of nitrogens with one attached hydrogen (secondary N) is 1. The third kappa shape index (κ3) is 4.82. The first-order valence-corrected chi connectivity index (χ1v) is 8.74. The molecule has 1 N–H and O–H groups in total. The summed E-state index contributed by atoms with van der Waals surface area (Å²) in [4.78, 5) is 0.181. The smallest absolute Gasteiger partial charge is 0.210 e. The van der Waals surface area contributed by atoms with Gasteiger partial charge in [-0.05, 0) is 34.1 Å². The van der Waals surface area contributed by atoms with E-state index in [-0.39, 0.29) is 4.90 Å². The second-order valence-electron chi connectivity index (χ2n) is 3.23. The van der Waals surface area contributed by atoms with Crippen LogP contribution in [0.3, 0.4) is 0 Å².